The predicted molar refractivity (Wildman–Crippen MR) is 68.1 cm³/mol. The van der Waals surface area contributed by atoms with Crippen molar-refractivity contribution in [3.63, 3.8) is 0 Å². The molecule has 0 saturated heterocycles. The van der Waals surface area contributed by atoms with E-state index in [1.165, 1.54) is 0 Å². The summed E-state index contributed by atoms with van der Waals surface area (Å²) in [7, 11) is 0. The lowest BCUT2D eigenvalue weighted by Crippen LogP contribution is -2.13. The number of carbonyl (C=O) groups excluding carboxylic acids is 1. The number of nitrogens with two attached hydrogens (primary N) is 1. The van der Waals surface area contributed by atoms with E-state index in [0.29, 0.717) is 22.0 Å². The molecular weight excluding hydrogens is 238 g/mol. The van der Waals surface area contributed by atoms with Crippen LogP contribution in [0.3, 0.4) is 0 Å². The molecule has 3 N–H and O–H groups in total. The Morgan fingerprint density at radius 1 is 1.24 bits per heavy atom. The van der Waals surface area contributed by atoms with Crippen LogP contribution in [-0.4, -0.2) is 10.9 Å². The first-order chi connectivity index (χ1) is 8.16. The summed E-state index contributed by atoms with van der Waals surface area (Å²) >= 11 is 5.76. The van der Waals surface area contributed by atoms with Gasteiger partial charge in [0, 0.05) is 28.8 Å². The molecule has 0 aliphatic heterocycles. The quantitative estimate of drug-likeness (QED) is 0.802. The van der Waals surface area contributed by atoms with E-state index in [1.54, 1.807) is 42.7 Å². The fourth-order valence-electron chi connectivity index (χ4n) is 1.37. The molecule has 0 atom stereocenters. The van der Waals surface area contributed by atoms with E-state index in [0.717, 1.165) is 0 Å². The SMILES string of the molecule is Nc1cc(Cl)ccc1C(=O)Nc1ccncc1. The Labute approximate surface area is 103 Å². The summed E-state index contributed by atoms with van der Waals surface area (Å²) in [5.74, 6) is -0.273. The van der Waals surface area contributed by atoms with Crippen molar-refractivity contribution in [1.29, 1.82) is 0 Å². The van der Waals surface area contributed by atoms with Gasteiger partial charge in [-0.05, 0) is 30.3 Å². The highest BCUT2D eigenvalue weighted by Gasteiger charge is 2.09. The van der Waals surface area contributed by atoms with Gasteiger partial charge in [0.05, 0.1) is 5.56 Å². The maximum Gasteiger partial charge on any atom is 0.257 e. The molecule has 1 heterocycles. The van der Waals surface area contributed by atoms with Gasteiger partial charge in [0.2, 0.25) is 0 Å². The lowest BCUT2D eigenvalue weighted by atomic mass is 10.1. The van der Waals surface area contributed by atoms with E-state index in [9.17, 15) is 4.79 Å². The van der Waals surface area contributed by atoms with Crippen molar-refractivity contribution < 1.29 is 4.79 Å². The molecule has 5 heteroatoms. The second-order valence-electron chi connectivity index (χ2n) is 3.42. The molecule has 1 amide bonds. The van der Waals surface area contributed by atoms with Crippen LogP contribution in [0.25, 0.3) is 0 Å². The number of rotatable bonds is 2. The molecule has 2 rings (SSSR count). The monoisotopic (exact) mass is 247 g/mol. The van der Waals surface area contributed by atoms with Crippen LogP contribution in [0, 0.1) is 0 Å². The third-order valence-electron chi connectivity index (χ3n) is 2.20. The molecule has 0 aliphatic rings. The second-order valence-corrected chi connectivity index (χ2v) is 3.86. The van der Waals surface area contributed by atoms with Crippen LogP contribution in [0.5, 0.6) is 0 Å². The molecule has 0 unspecified atom stereocenters. The highest BCUT2D eigenvalue weighted by molar-refractivity contribution is 6.31. The number of pyridine rings is 1. The lowest BCUT2D eigenvalue weighted by Gasteiger charge is -2.07. The van der Waals surface area contributed by atoms with Crippen LogP contribution in [-0.2, 0) is 0 Å². The lowest BCUT2D eigenvalue weighted by molar-refractivity contribution is 0.102. The molecule has 2 aromatic rings. The minimum atomic E-state index is -0.273. The summed E-state index contributed by atoms with van der Waals surface area (Å²) in [6.45, 7) is 0. The van der Waals surface area contributed by atoms with Crippen LogP contribution >= 0.6 is 11.6 Å². The van der Waals surface area contributed by atoms with Crippen LogP contribution in [0.15, 0.2) is 42.7 Å². The molecule has 0 saturated carbocycles. The molecule has 86 valence electrons. The molecule has 1 aromatic heterocycles. The van der Waals surface area contributed by atoms with Gasteiger partial charge in [-0.25, -0.2) is 0 Å². The van der Waals surface area contributed by atoms with Crippen LogP contribution in [0.2, 0.25) is 5.02 Å². The number of nitrogen functional groups attached to an aromatic ring is 1. The first-order valence-corrected chi connectivity index (χ1v) is 5.31. The normalized spacial score (nSPS) is 9.94. The van der Waals surface area contributed by atoms with E-state index in [-0.39, 0.29) is 5.91 Å². The van der Waals surface area contributed by atoms with Gasteiger partial charge >= 0.3 is 0 Å². The van der Waals surface area contributed by atoms with Gasteiger partial charge < -0.3 is 11.1 Å². The van der Waals surface area contributed by atoms with E-state index in [2.05, 4.69) is 10.3 Å². The molecule has 4 nitrogen and oxygen atoms in total. The number of carbonyl (C=O) groups is 1. The Balaban J connectivity index is 2.21. The zero-order valence-corrected chi connectivity index (χ0v) is 9.61. The number of aromatic nitrogens is 1. The average molecular weight is 248 g/mol. The number of hydrogen-bond donors (Lipinski definition) is 2. The smallest absolute Gasteiger partial charge is 0.257 e. The zero-order valence-electron chi connectivity index (χ0n) is 8.85. The van der Waals surface area contributed by atoms with Gasteiger partial charge in [0.1, 0.15) is 0 Å². The van der Waals surface area contributed by atoms with E-state index < -0.39 is 0 Å². The highest BCUT2D eigenvalue weighted by Crippen LogP contribution is 2.19. The van der Waals surface area contributed by atoms with E-state index in [4.69, 9.17) is 17.3 Å². The Hall–Kier alpha value is -2.07. The minimum absolute atomic E-state index is 0.273. The summed E-state index contributed by atoms with van der Waals surface area (Å²) < 4.78 is 0. The maximum atomic E-state index is 11.9. The van der Waals surface area contributed by atoms with Gasteiger partial charge in [-0.2, -0.15) is 0 Å². The number of halogens is 1. The van der Waals surface area contributed by atoms with Crippen molar-refractivity contribution >= 4 is 28.9 Å². The van der Waals surface area contributed by atoms with Crippen molar-refractivity contribution in [3.8, 4) is 0 Å². The molecule has 0 aliphatic carbocycles. The minimum Gasteiger partial charge on any atom is -0.398 e. The Morgan fingerprint density at radius 3 is 2.59 bits per heavy atom. The second kappa shape index (κ2) is 4.84. The van der Waals surface area contributed by atoms with E-state index in [1.807, 2.05) is 0 Å². The number of amides is 1. The topological polar surface area (TPSA) is 68.0 Å². The maximum absolute atomic E-state index is 11.9. The molecule has 1 aromatic carbocycles. The van der Waals surface area contributed by atoms with Crippen LogP contribution in [0.4, 0.5) is 11.4 Å². The molecular formula is C12H10ClN3O. The third-order valence-corrected chi connectivity index (χ3v) is 2.43. The number of benzene rings is 1. The van der Waals surface area contributed by atoms with E-state index >= 15 is 0 Å². The van der Waals surface area contributed by atoms with Crippen molar-refractivity contribution in [2.45, 2.75) is 0 Å². The fourth-order valence-corrected chi connectivity index (χ4v) is 1.55. The largest absolute Gasteiger partial charge is 0.398 e. The van der Waals surface area contributed by atoms with Crippen LogP contribution < -0.4 is 11.1 Å². The van der Waals surface area contributed by atoms with Crippen LogP contribution in [0.1, 0.15) is 10.4 Å². The summed E-state index contributed by atoms with van der Waals surface area (Å²) in [6.07, 6.45) is 3.20. The fraction of sp³-hybridized carbons (Fsp3) is 0. The van der Waals surface area contributed by atoms with Gasteiger partial charge in [0.25, 0.3) is 5.91 Å². The molecule has 0 fully saturated rings. The zero-order chi connectivity index (χ0) is 12.3. The third kappa shape index (κ3) is 2.73. The number of nitrogens with one attached hydrogen (secondary N) is 1. The van der Waals surface area contributed by atoms with Crippen molar-refractivity contribution in [2.24, 2.45) is 0 Å². The van der Waals surface area contributed by atoms with Gasteiger partial charge in [-0.1, -0.05) is 11.6 Å². The first kappa shape index (κ1) is 11.4. The molecule has 0 bridgehead atoms. The highest BCUT2D eigenvalue weighted by atomic mass is 35.5. The summed E-state index contributed by atoms with van der Waals surface area (Å²) in [4.78, 5) is 15.8. The van der Waals surface area contributed by atoms with Crippen molar-refractivity contribution in [2.75, 3.05) is 11.1 Å². The van der Waals surface area contributed by atoms with Gasteiger partial charge in [-0.3, -0.25) is 9.78 Å². The van der Waals surface area contributed by atoms with Crippen molar-refractivity contribution in [1.82, 2.24) is 4.98 Å². The number of anilines is 2. The predicted octanol–water partition coefficient (Wildman–Crippen LogP) is 2.57. The Bertz CT molecular complexity index is 543. The standard InChI is InChI=1S/C12H10ClN3O/c13-8-1-2-10(11(14)7-8)12(17)16-9-3-5-15-6-4-9/h1-7H,14H2,(H,15,16,17). The van der Waals surface area contributed by atoms with Gasteiger partial charge in [0.15, 0.2) is 0 Å². The molecule has 0 spiro atoms. The first-order valence-electron chi connectivity index (χ1n) is 4.93. The van der Waals surface area contributed by atoms with Crippen molar-refractivity contribution in [3.05, 3.63) is 53.3 Å². The number of hydrogen-bond acceptors (Lipinski definition) is 3. The summed E-state index contributed by atoms with van der Waals surface area (Å²) in [5, 5.41) is 3.22. The molecule has 17 heavy (non-hydrogen) atoms. The number of nitrogens with zero attached hydrogens (tertiary/aromatic N) is 1. The Morgan fingerprint density at radius 2 is 1.94 bits per heavy atom. The Kier molecular flexibility index (Phi) is 3.25. The summed E-state index contributed by atoms with van der Waals surface area (Å²) in [5.41, 5.74) is 7.13. The summed E-state index contributed by atoms with van der Waals surface area (Å²) in [6, 6.07) is 8.16. The average Bonchev–Trinajstić information content (AvgIpc) is 2.30. The van der Waals surface area contributed by atoms with Gasteiger partial charge in [-0.15, -0.1) is 0 Å². The molecule has 0 radical (unpaired) electrons.